The van der Waals surface area contributed by atoms with E-state index in [9.17, 15) is 9.59 Å². The summed E-state index contributed by atoms with van der Waals surface area (Å²) in [6.45, 7) is 0. The van der Waals surface area contributed by atoms with Crippen molar-refractivity contribution in [2.45, 2.75) is 12.8 Å². The molecule has 80 valence electrons. The van der Waals surface area contributed by atoms with Gasteiger partial charge in [-0.2, -0.15) is 0 Å². The third-order valence-corrected chi connectivity index (χ3v) is 2.59. The number of para-hydroxylation sites is 1. The lowest BCUT2D eigenvalue weighted by atomic mass is 10.1. The predicted molar refractivity (Wildman–Crippen MR) is 60.3 cm³/mol. The number of halogens is 1. The van der Waals surface area contributed by atoms with Gasteiger partial charge in [-0.25, -0.2) is 0 Å². The molecule has 0 aliphatic rings. The van der Waals surface area contributed by atoms with Crippen LogP contribution in [0.3, 0.4) is 0 Å². The van der Waals surface area contributed by atoms with Crippen LogP contribution in [0.25, 0.3) is 0 Å². The Hall–Kier alpha value is -1.16. The Balaban J connectivity index is 2.97. The third kappa shape index (κ3) is 2.89. The van der Waals surface area contributed by atoms with E-state index in [0.717, 1.165) is 10.8 Å². The number of methoxy groups -OCH3 is 1. The van der Waals surface area contributed by atoms with Crippen LogP contribution in [0.1, 0.15) is 23.2 Å². The highest BCUT2D eigenvalue weighted by atomic mass is 79.9. The molecule has 0 unspecified atom stereocenters. The number of hydrogen-bond donors (Lipinski definition) is 0. The lowest BCUT2D eigenvalue weighted by molar-refractivity contribution is -0.107. The Morgan fingerprint density at radius 1 is 1.53 bits per heavy atom. The smallest absolute Gasteiger partial charge is 0.167 e. The minimum atomic E-state index is -0.0831. The first-order valence-electron chi connectivity index (χ1n) is 4.50. The van der Waals surface area contributed by atoms with Crippen LogP contribution in [0.2, 0.25) is 0 Å². The lowest BCUT2D eigenvalue weighted by Crippen LogP contribution is -2.02. The third-order valence-electron chi connectivity index (χ3n) is 1.96. The average Bonchev–Trinajstić information content (AvgIpc) is 2.25. The fourth-order valence-corrected chi connectivity index (χ4v) is 1.79. The Bertz CT molecular complexity index is 374. The first kappa shape index (κ1) is 11.9. The molecule has 0 atom stereocenters. The van der Waals surface area contributed by atoms with Gasteiger partial charge in [0, 0.05) is 12.8 Å². The molecule has 1 aromatic carbocycles. The first-order chi connectivity index (χ1) is 7.20. The molecule has 0 N–H and O–H groups in total. The number of carbonyl (C=O) groups excluding carboxylic acids is 2. The number of ketones is 1. The maximum Gasteiger partial charge on any atom is 0.167 e. The molecular formula is C11H11BrO3. The molecule has 4 heteroatoms. The van der Waals surface area contributed by atoms with Crippen molar-refractivity contribution in [2.75, 3.05) is 7.11 Å². The maximum atomic E-state index is 11.7. The second-order valence-corrected chi connectivity index (χ2v) is 3.80. The van der Waals surface area contributed by atoms with Gasteiger partial charge in [0.1, 0.15) is 12.0 Å². The number of Topliss-reactive ketones (excluding diaryl/α,β-unsaturated/α-hetero) is 1. The van der Waals surface area contributed by atoms with Crippen LogP contribution in [0.15, 0.2) is 22.7 Å². The van der Waals surface area contributed by atoms with Gasteiger partial charge in [0.05, 0.1) is 17.1 Å². The number of aldehydes is 1. The second-order valence-electron chi connectivity index (χ2n) is 2.95. The summed E-state index contributed by atoms with van der Waals surface area (Å²) >= 11 is 3.30. The zero-order chi connectivity index (χ0) is 11.3. The van der Waals surface area contributed by atoms with E-state index in [4.69, 9.17) is 4.74 Å². The van der Waals surface area contributed by atoms with Crippen LogP contribution < -0.4 is 4.74 Å². The van der Waals surface area contributed by atoms with Gasteiger partial charge in [0.25, 0.3) is 0 Å². The molecular weight excluding hydrogens is 260 g/mol. The largest absolute Gasteiger partial charge is 0.495 e. The van der Waals surface area contributed by atoms with Crippen molar-refractivity contribution in [3.63, 3.8) is 0 Å². The summed E-state index contributed by atoms with van der Waals surface area (Å²) in [6.07, 6.45) is 1.20. The topological polar surface area (TPSA) is 43.4 Å². The van der Waals surface area contributed by atoms with Gasteiger partial charge in [0.15, 0.2) is 5.78 Å². The molecule has 0 saturated carbocycles. The summed E-state index contributed by atoms with van der Waals surface area (Å²) in [7, 11) is 1.51. The molecule has 1 rings (SSSR count). The number of ether oxygens (including phenoxy) is 1. The van der Waals surface area contributed by atoms with E-state index in [1.165, 1.54) is 7.11 Å². The highest BCUT2D eigenvalue weighted by Crippen LogP contribution is 2.29. The van der Waals surface area contributed by atoms with E-state index in [2.05, 4.69) is 15.9 Å². The maximum absolute atomic E-state index is 11.7. The Morgan fingerprint density at radius 3 is 2.87 bits per heavy atom. The molecule has 0 saturated heterocycles. The molecule has 0 amide bonds. The minimum Gasteiger partial charge on any atom is -0.495 e. The molecule has 0 heterocycles. The zero-order valence-corrected chi connectivity index (χ0v) is 9.91. The molecule has 3 nitrogen and oxygen atoms in total. The van der Waals surface area contributed by atoms with Crippen molar-refractivity contribution in [3.8, 4) is 5.75 Å². The SMILES string of the molecule is COc1c(Br)cccc1C(=O)CCC=O. The number of carbonyl (C=O) groups is 2. The fraction of sp³-hybridized carbons (Fsp3) is 0.273. The van der Waals surface area contributed by atoms with Crippen molar-refractivity contribution < 1.29 is 14.3 Å². The summed E-state index contributed by atoms with van der Waals surface area (Å²) in [5.41, 5.74) is 0.508. The van der Waals surface area contributed by atoms with E-state index in [1.807, 2.05) is 0 Å². The molecule has 0 fully saturated rings. The first-order valence-corrected chi connectivity index (χ1v) is 5.29. The molecule has 0 aromatic heterocycles. The van der Waals surface area contributed by atoms with Crippen LogP contribution in [0, 0.1) is 0 Å². The van der Waals surface area contributed by atoms with Crippen molar-refractivity contribution >= 4 is 28.0 Å². The van der Waals surface area contributed by atoms with Crippen LogP contribution in [0.5, 0.6) is 5.75 Å². The molecule has 0 radical (unpaired) electrons. The fourth-order valence-electron chi connectivity index (χ4n) is 1.26. The van der Waals surface area contributed by atoms with E-state index in [0.29, 0.717) is 11.3 Å². The number of rotatable bonds is 5. The summed E-state index contributed by atoms with van der Waals surface area (Å²) in [4.78, 5) is 21.8. The van der Waals surface area contributed by atoms with Crippen molar-refractivity contribution in [1.82, 2.24) is 0 Å². The highest BCUT2D eigenvalue weighted by molar-refractivity contribution is 9.10. The summed E-state index contributed by atoms with van der Waals surface area (Å²) in [6, 6.07) is 5.26. The average molecular weight is 271 g/mol. The Labute approximate surface area is 96.6 Å². The van der Waals surface area contributed by atoms with E-state index in [-0.39, 0.29) is 18.6 Å². The monoisotopic (exact) mass is 270 g/mol. The van der Waals surface area contributed by atoms with Crippen LogP contribution in [-0.4, -0.2) is 19.2 Å². The summed E-state index contributed by atoms with van der Waals surface area (Å²) in [5.74, 6) is 0.439. The van der Waals surface area contributed by atoms with Gasteiger partial charge < -0.3 is 9.53 Å². The van der Waals surface area contributed by atoms with Gasteiger partial charge in [-0.05, 0) is 28.1 Å². The van der Waals surface area contributed by atoms with Crippen LogP contribution in [0.4, 0.5) is 0 Å². The molecule has 0 aliphatic carbocycles. The van der Waals surface area contributed by atoms with Gasteiger partial charge in [-0.15, -0.1) is 0 Å². The molecule has 0 spiro atoms. The molecule has 15 heavy (non-hydrogen) atoms. The highest BCUT2D eigenvalue weighted by Gasteiger charge is 2.13. The van der Waals surface area contributed by atoms with Gasteiger partial charge in [0.2, 0.25) is 0 Å². The van der Waals surface area contributed by atoms with Crippen molar-refractivity contribution in [2.24, 2.45) is 0 Å². The minimum absolute atomic E-state index is 0.0831. The second kappa shape index (κ2) is 5.66. The van der Waals surface area contributed by atoms with Gasteiger partial charge in [-0.1, -0.05) is 6.07 Å². The van der Waals surface area contributed by atoms with Crippen LogP contribution >= 0.6 is 15.9 Å². The molecule has 0 aliphatic heterocycles. The number of benzene rings is 1. The Morgan fingerprint density at radius 2 is 2.27 bits per heavy atom. The molecule has 1 aromatic rings. The molecule has 0 bridgehead atoms. The van der Waals surface area contributed by atoms with Crippen LogP contribution in [-0.2, 0) is 4.79 Å². The number of hydrogen-bond acceptors (Lipinski definition) is 3. The lowest BCUT2D eigenvalue weighted by Gasteiger charge is -2.08. The Kier molecular flexibility index (Phi) is 4.49. The summed E-state index contributed by atoms with van der Waals surface area (Å²) < 4.78 is 5.86. The zero-order valence-electron chi connectivity index (χ0n) is 8.33. The normalized spacial score (nSPS) is 9.73. The van der Waals surface area contributed by atoms with Crippen molar-refractivity contribution in [3.05, 3.63) is 28.2 Å². The summed E-state index contributed by atoms with van der Waals surface area (Å²) in [5, 5.41) is 0. The van der Waals surface area contributed by atoms with Gasteiger partial charge >= 0.3 is 0 Å². The van der Waals surface area contributed by atoms with E-state index in [1.54, 1.807) is 18.2 Å². The quantitative estimate of drug-likeness (QED) is 0.610. The van der Waals surface area contributed by atoms with Gasteiger partial charge in [-0.3, -0.25) is 4.79 Å². The predicted octanol–water partition coefficient (Wildman–Crippen LogP) is 2.62. The standard InChI is InChI=1S/C11H11BrO3/c1-15-11-8(4-2-5-9(11)12)10(14)6-3-7-13/h2,4-5,7H,3,6H2,1H3. The van der Waals surface area contributed by atoms with Crippen molar-refractivity contribution in [1.29, 1.82) is 0 Å². The van der Waals surface area contributed by atoms with E-state index < -0.39 is 0 Å². The van der Waals surface area contributed by atoms with E-state index >= 15 is 0 Å².